The SMILES string of the molecule is Cc1ccc2c3c1c1ccccc1n3-c1cccc3c1B2c1ccccc1O3. The molecule has 0 bridgehead atoms. The average molecular weight is 357 g/mol. The van der Waals surface area contributed by atoms with Crippen LogP contribution in [0.25, 0.3) is 27.5 Å². The fourth-order valence-corrected chi connectivity index (χ4v) is 5.29. The van der Waals surface area contributed by atoms with E-state index in [0.29, 0.717) is 0 Å². The molecule has 0 atom stereocenters. The van der Waals surface area contributed by atoms with Crippen LogP contribution in [0, 0.1) is 6.92 Å². The number of hydrogen-bond acceptors (Lipinski definition) is 1. The van der Waals surface area contributed by atoms with Gasteiger partial charge in [0.05, 0.1) is 5.52 Å². The third-order valence-corrected chi connectivity index (χ3v) is 6.39. The van der Waals surface area contributed by atoms with Crippen LogP contribution in [0.15, 0.2) is 78.9 Å². The molecule has 0 aliphatic carbocycles. The van der Waals surface area contributed by atoms with E-state index in [-0.39, 0.29) is 6.71 Å². The lowest BCUT2D eigenvalue weighted by Gasteiger charge is -2.33. The fraction of sp³-hybridized carbons (Fsp3) is 0.0400. The second-order valence-electron chi connectivity index (χ2n) is 7.81. The number of fused-ring (bicyclic) bond motifs is 7. The minimum Gasteiger partial charge on any atom is -0.458 e. The molecule has 2 aliphatic rings. The van der Waals surface area contributed by atoms with E-state index >= 15 is 0 Å². The zero-order chi connectivity index (χ0) is 18.4. The Labute approximate surface area is 163 Å². The van der Waals surface area contributed by atoms with Crippen molar-refractivity contribution in [3.05, 3.63) is 84.4 Å². The van der Waals surface area contributed by atoms with E-state index in [4.69, 9.17) is 4.74 Å². The van der Waals surface area contributed by atoms with Gasteiger partial charge in [-0.2, -0.15) is 0 Å². The highest BCUT2D eigenvalue weighted by molar-refractivity contribution is 6.99. The van der Waals surface area contributed by atoms with Crippen molar-refractivity contribution >= 4 is 44.9 Å². The molecule has 28 heavy (non-hydrogen) atoms. The van der Waals surface area contributed by atoms with Crippen molar-refractivity contribution in [2.75, 3.05) is 0 Å². The lowest BCUT2D eigenvalue weighted by molar-refractivity contribution is 0.487. The second-order valence-corrected chi connectivity index (χ2v) is 7.81. The predicted molar refractivity (Wildman–Crippen MR) is 117 cm³/mol. The highest BCUT2D eigenvalue weighted by Gasteiger charge is 2.40. The van der Waals surface area contributed by atoms with E-state index in [0.717, 1.165) is 11.5 Å². The smallest absolute Gasteiger partial charge is 0.256 e. The second kappa shape index (κ2) is 4.88. The van der Waals surface area contributed by atoms with Crippen LogP contribution >= 0.6 is 0 Å². The zero-order valence-electron chi connectivity index (χ0n) is 15.4. The van der Waals surface area contributed by atoms with E-state index in [1.54, 1.807) is 0 Å². The first-order chi connectivity index (χ1) is 13.8. The van der Waals surface area contributed by atoms with Gasteiger partial charge in [-0.05, 0) is 53.1 Å². The topological polar surface area (TPSA) is 14.2 Å². The first kappa shape index (κ1) is 14.6. The summed E-state index contributed by atoms with van der Waals surface area (Å²) in [5, 5.41) is 2.69. The molecule has 130 valence electrons. The summed E-state index contributed by atoms with van der Waals surface area (Å²) in [6, 6.07) is 28.3. The molecule has 0 N–H and O–H groups in total. The Hall–Kier alpha value is -3.46. The maximum absolute atomic E-state index is 6.33. The van der Waals surface area contributed by atoms with Gasteiger partial charge >= 0.3 is 0 Å². The minimum absolute atomic E-state index is 0.205. The molecule has 0 fully saturated rings. The number of ether oxygens (including phenoxy) is 1. The molecule has 2 aliphatic heterocycles. The van der Waals surface area contributed by atoms with Crippen molar-refractivity contribution in [1.29, 1.82) is 0 Å². The van der Waals surface area contributed by atoms with Gasteiger partial charge < -0.3 is 9.30 Å². The quantitative estimate of drug-likeness (QED) is 0.374. The summed E-state index contributed by atoms with van der Waals surface area (Å²) in [6.07, 6.45) is 0. The summed E-state index contributed by atoms with van der Waals surface area (Å²) >= 11 is 0. The number of nitrogens with zero attached hydrogens (tertiary/aromatic N) is 1. The maximum Gasteiger partial charge on any atom is 0.256 e. The summed E-state index contributed by atoms with van der Waals surface area (Å²) in [6.45, 7) is 2.43. The van der Waals surface area contributed by atoms with Gasteiger partial charge in [-0.25, -0.2) is 0 Å². The van der Waals surface area contributed by atoms with Crippen molar-refractivity contribution in [2.24, 2.45) is 0 Å². The average Bonchev–Trinajstić information content (AvgIpc) is 3.09. The van der Waals surface area contributed by atoms with Gasteiger partial charge in [0.1, 0.15) is 11.5 Å². The molecule has 3 heteroatoms. The van der Waals surface area contributed by atoms with Crippen molar-refractivity contribution < 1.29 is 4.74 Å². The molecule has 1 aromatic heterocycles. The van der Waals surface area contributed by atoms with Crippen molar-refractivity contribution in [3.8, 4) is 17.2 Å². The van der Waals surface area contributed by atoms with Gasteiger partial charge in [0, 0.05) is 22.0 Å². The van der Waals surface area contributed by atoms with Crippen LogP contribution in [0.5, 0.6) is 11.5 Å². The summed E-state index contributed by atoms with van der Waals surface area (Å²) in [5.74, 6) is 1.94. The van der Waals surface area contributed by atoms with E-state index in [9.17, 15) is 0 Å². The first-order valence-electron chi connectivity index (χ1n) is 9.75. The summed E-state index contributed by atoms with van der Waals surface area (Å²) < 4.78 is 8.78. The number of para-hydroxylation sites is 2. The van der Waals surface area contributed by atoms with Crippen LogP contribution in [0.1, 0.15) is 5.56 Å². The number of rotatable bonds is 0. The molecular weight excluding hydrogens is 341 g/mol. The monoisotopic (exact) mass is 357 g/mol. The van der Waals surface area contributed by atoms with Crippen LogP contribution in [0.2, 0.25) is 0 Å². The molecule has 0 saturated heterocycles. The molecular formula is C25H16BNO. The number of benzene rings is 4. The zero-order valence-corrected chi connectivity index (χ0v) is 15.4. The van der Waals surface area contributed by atoms with Gasteiger partial charge in [-0.1, -0.05) is 54.6 Å². The van der Waals surface area contributed by atoms with Gasteiger partial charge in [-0.3, -0.25) is 0 Å². The van der Waals surface area contributed by atoms with E-state index in [1.807, 2.05) is 0 Å². The summed E-state index contributed by atoms with van der Waals surface area (Å²) in [5.41, 5.74) is 9.07. The highest BCUT2D eigenvalue weighted by Crippen LogP contribution is 2.37. The third-order valence-electron chi connectivity index (χ3n) is 6.39. The largest absolute Gasteiger partial charge is 0.458 e. The molecule has 0 spiro atoms. The Bertz CT molecular complexity index is 1460. The molecule has 0 unspecified atom stereocenters. The number of hydrogen-bond donors (Lipinski definition) is 0. The molecule has 0 amide bonds. The Morgan fingerprint density at radius 1 is 0.750 bits per heavy atom. The van der Waals surface area contributed by atoms with Crippen LogP contribution < -0.4 is 21.1 Å². The summed E-state index contributed by atoms with van der Waals surface area (Å²) in [7, 11) is 0. The van der Waals surface area contributed by atoms with E-state index in [2.05, 4.69) is 90.4 Å². The Morgan fingerprint density at radius 3 is 2.54 bits per heavy atom. The van der Waals surface area contributed by atoms with Gasteiger partial charge in [-0.15, -0.1) is 0 Å². The Balaban J connectivity index is 1.77. The van der Waals surface area contributed by atoms with E-state index in [1.165, 1.54) is 49.4 Å². The van der Waals surface area contributed by atoms with Crippen molar-refractivity contribution in [3.63, 3.8) is 0 Å². The summed E-state index contributed by atoms with van der Waals surface area (Å²) in [4.78, 5) is 0. The Kier molecular flexibility index (Phi) is 2.54. The lowest BCUT2D eigenvalue weighted by atomic mass is 9.34. The Morgan fingerprint density at radius 2 is 1.57 bits per heavy atom. The highest BCUT2D eigenvalue weighted by atomic mass is 16.5. The van der Waals surface area contributed by atoms with Crippen LogP contribution in [0.3, 0.4) is 0 Å². The molecule has 0 saturated carbocycles. The third kappa shape index (κ3) is 1.57. The van der Waals surface area contributed by atoms with Crippen LogP contribution in [-0.4, -0.2) is 11.3 Å². The van der Waals surface area contributed by atoms with Crippen molar-refractivity contribution in [1.82, 2.24) is 4.57 Å². The molecule has 0 radical (unpaired) electrons. The van der Waals surface area contributed by atoms with E-state index < -0.39 is 0 Å². The standard InChI is InChI=1S/C25H16BNO/c1-15-13-14-18-25-23(15)16-7-2-4-9-19(16)27(25)20-10-6-12-22-24(20)26(18)17-8-3-5-11-21(17)28-22/h2-14H,1H3. The van der Waals surface area contributed by atoms with Gasteiger partial charge in [0.15, 0.2) is 0 Å². The molecule has 7 rings (SSSR count). The molecule has 4 aromatic carbocycles. The normalized spacial score (nSPS) is 13.4. The molecule has 5 aromatic rings. The van der Waals surface area contributed by atoms with Gasteiger partial charge in [0.25, 0.3) is 6.71 Å². The van der Waals surface area contributed by atoms with Gasteiger partial charge in [0.2, 0.25) is 0 Å². The predicted octanol–water partition coefficient (Wildman–Crippen LogP) is 4.03. The number of aryl methyl sites for hydroxylation is 1. The number of aromatic nitrogens is 1. The first-order valence-corrected chi connectivity index (χ1v) is 9.75. The lowest BCUT2D eigenvalue weighted by Crippen LogP contribution is -2.58. The van der Waals surface area contributed by atoms with Crippen LogP contribution in [0.4, 0.5) is 0 Å². The molecule has 3 heterocycles. The molecule has 2 nitrogen and oxygen atoms in total. The fourth-order valence-electron chi connectivity index (χ4n) is 5.29. The maximum atomic E-state index is 6.33. The minimum atomic E-state index is 0.205. The van der Waals surface area contributed by atoms with Crippen molar-refractivity contribution in [2.45, 2.75) is 6.92 Å². The van der Waals surface area contributed by atoms with Crippen LogP contribution in [-0.2, 0) is 0 Å².